The molecule has 1 aromatic heterocycles. The Hall–Kier alpha value is -2.91. The summed E-state index contributed by atoms with van der Waals surface area (Å²) >= 11 is 0. The summed E-state index contributed by atoms with van der Waals surface area (Å²) in [5.74, 6) is 0.815. The molecule has 1 amide bonds. The van der Waals surface area contributed by atoms with E-state index in [0.29, 0.717) is 17.4 Å². The number of benzene rings is 1. The topological polar surface area (TPSA) is 65.2 Å². The molecule has 1 saturated carbocycles. The lowest BCUT2D eigenvalue weighted by molar-refractivity contribution is -0.135. The molecule has 1 aliphatic carbocycles. The number of aromatic nitrogens is 2. The molecule has 32 heavy (non-hydrogen) atoms. The third-order valence-electron chi connectivity index (χ3n) is 6.99. The Morgan fingerprint density at radius 1 is 1.16 bits per heavy atom. The van der Waals surface area contributed by atoms with Crippen molar-refractivity contribution >= 4 is 5.91 Å². The molecule has 1 aliphatic heterocycles. The number of nitriles is 1. The van der Waals surface area contributed by atoms with Crippen LogP contribution in [-0.2, 0) is 17.9 Å². The van der Waals surface area contributed by atoms with Crippen molar-refractivity contribution in [2.24, 2.45) is 17.3 Å². The molecule has 168 valence electrons. The van der Waals surface area contributed by atoms with Crippen molar-refractivity contribution in [2.75, 3.05) is 26.2 Å². The number of imidazole rings is 1. The second-order valence-electron chi connectivity index (χ2n) is 9.99. The molecule has 2 heterocycles. The normalized spacial score (nSPS) is 22.3. The van der Waals surface area contributed by atoms with E-state index in [1.165, 1.54) is 11.3 Å². The minimum absolute atomic E-state index is 0.0728. The van der Waals surface area contributed by atoms with Crippen LogP contribution >= 0.6 is 0 Å². The van der Waals surface area contributed by atoms with E-state index in [0.717, 1.165) is 44.8 Å². The molecule has 0 N–H and O–H groups in total. The first-order valence-electron chi connectivity index (χ1n) is 11.4. The van der Waals surface area contributed by atoms with Crippen molar-refractivity contribution in [3.63, 3.8) is 0 Å². The number of carbonyl (C=O) groups is 1. The number of allylic oxidation sites excluding steroid dienone is 2. The first kappa shape index (κ1) is 22.3. The van der Waals surface area contributed by atoms with Gasteiger partial charge in [-0.3, -0.25) is 9.69 Å². The summed E-state index contributed by atoms with van der Waals surface area (Å²) in [4.78, 5) is 22.0. The zero-order valence-corrected chi connectivity index (χ0v) is 19.6. The van der Waals surface area contributed by atoms with Crippen molar-refractivity contribution in [2.45, 2.75) is 40.8 Å². The van der Waals surface area contributed by atoms with Crippen LogP contribution in [-0.4, -0.2) is 51.4 Å². The predicted octanol–water partition coefficient (Wildman–Crippen LogP) is 3.69. The first-order chi connectivity index (χ1) is 15.3. The maximum Gasteiger partial charge on any atom is 0.226 e. The number of carbonyl (C=O) groups excluding carboxylic acids is 1. The molecule has 6 heteroatoms. The summed E-state index contributed by atoms with van der Waals surface area (Å²) in [6.07, 6.45) is 6.07. The van der Waals surface area contributed by atoms with Crippen LogP contribution in [0.5, 0.6) is 0 Å². The van der Waals surface area contributed by atoms with Gasteiger partial charge in [0.05, 0.1) is 29.6 Å². The van der Waals surface area contributed by atoms with Gasteiger partial charge in [0.25, 0.3) is 0 Å². The van der Waals surface area contributed by atoms with Crippen molar-refractivity contribution in [1.82, 2.24) is 19.4 Å². The fourth-order valence-corrected chi connectivity index (χ4v) is 4.88. The fraction of sp³-hybridized carbons (Fsp3) is 0.500. The van der Waals surface area contributed by atoms with Crippen molar-refractivity contribution < 1.29 is 4.79 Å². The number of amides is 1. The smallest absolute Gasteiger partial charge is 0.226 e. The number of rotatable bonds is 6. The van der Waals surface area contributed by atoms with Crippen LogP contribution in [0.2, 0.25) is 0 Å². The Kier molecular flexibility index (Phi) is 6.21. The fourth-order valence-electron chi connectivity index (χ4n) is 4.88. The lowest BCUT2D eigenvalue weighted by atomic mass is 10.1. The number of hydrogen-bond acceptors (Lipinski definition) is 4. The van der Waals surface area contributed by atoms with Crippen LogP contribution < -0.4 is 0 Å². The highest BCUT2D eigenvalue weighted by molar-refractivity contribution is 5.84. The minimum atomic E-state index is 0.0728. The van der Waals surface area contributed by atoms with Crippen LogP contribution in [0.3, 0.4) is 0 Å². The van der Waals surface area contributed by atoms with E-state index >= 15 is 0 Å². The van der Waals surface area contributed by atoms with Gasteiger partial charge in [0, 0.05) is 45.5 Å². The molecular weight excluding hydrogens is 398 g/mol. The van der Waals surface area contributed by atoms with Crippen LogP contribution in [0.4, 0.5) is 0 Å². The highest BCUT2D eigenvalue weighted by atomic mass is 16.2. The molecule has 0 bridgehead atoms. The maximum absolute atomic E-state index is 13.1. The Morgan fingerprint density at radius 2 is 1.84 bits per heavy atom. The van der Waals surface area contributed by atoms with E-state index in [-0.39, 0.29) is 11.3 Å². The summed E-state index contributed by atoms with van der Waals surface area (Å²) in [5.41, 5.74) is 4.36. The van der Waals surface area contributed by atoms with Gasteiger partial charge in [-0.05, 0) is 42.9 Å². The Balaban J connectivity index is 1.31. The van der Waals surface area contributed by atoms with Crippen molar-refractivity contribution in [3.8, 4) is 6.07 Å². The second kappa shape index (κ2) is 8.91. The van der Waals surface area contributed by atoms with Gasteiger partial charge in [-0.1, -0.05) is 37.6 Å². The molecule has 2 unspecified atom stereocenters. The van der Waals surface area contributed by atoms with Gasteiger partial charge in [0.2, 0.25) is 5.91 Å². The minimum Gasteiger partial charge on any atom is -0.340 e. The summed E-state index contributed by atoms with van der Waals surface area (Å²) in [5, 5.41) is 8.97. The Morgan fingerprint density at radius 3 is 2.47 bits per heavy atom. The average molecular weight is 432 g/mol. The first-order valence-corrected chi connectivity index (χ1v) is 11.4. The molecule has 4 rings (SSSR count). The van der Waals surface area contributed by atoms with Gasteiger partial charge in [-0.25, -0.2) is 4.98 Å². The van der Waals surface area contributed by atoms with Crippen molar-refractivity contribution in [3.05, 3.63) is 65.3 Å². The van der Waals surface area contributed by atoms with E-state index in [9.17, 15) is 4.79 Å². The third kappa shape index (κ3) is 4.63. The summed E-state index contributed by atoms with van der Waals surface area (Å²) < 4.78 is 2.16. The molecule has 2 fully saturated rings. The van der Waals surface area contributed by atoms with E-state index in [1.807, 2.05) is 36.8 Å². The highest BCUT2D eigenvalue weighted by Crippen LogP contribution is 2.60. The highest BCUT2D eigenvalue weighted by Gasteiger charge is 2.61. The number of piperazine rings is 1. The van der Waals surface area contributed by atoms with Crippen LogP contribution in [0.15, 0.2) is 48.4 Å². The van der Waals surface area contributed by atoms with Gasteiger partial charge in [0.1, 0.15) is 0 Å². The molecule has 0 radical (unpaired) electrons. The van der Waals surface area contributed by atoms with E-state index in [4.69, 9.17) is 5.26 Å². The number of hydrogen-bond donors (Lipinski definition) is 0. The molecule has 6 nitrogen and oxygen atoms in total. The van der Waals surface area contributed by atoms with Crippen LogP contribution in [0, 0.1) is 28.6 Å². The van der Waals surface area contributed by atoms with Gasteiger partial charge >= 0.3 is 0 Å². The molecule has 1 aromatic carbocycles. The second-order valence-corrected chi connectivity index (χ2v) is 9.99. The van der Waals surface area contributed by atoms with Crippen molar-refractivity contribution in [1.29, 1.82) is 5.26 Å². The lowest BCUT2D eigenvalue weighted by Crippen LogP contribution is -2.49. The summed E-state index contributed by atoms with van der Waals surface area (Å²) in [6, 6.07) is 9.85. The van der Waals surface area contributed by atoms with Gasteiger partial charge < -0.3 is 9.47 Å². The molecule has 2 aromatic rings. The SMILES string of the molecule is CC(C)=CC1C(C(=O)N2CCN(Cc3cncn3Cc3ccc(C#N)cc3)CC2)C1(C)C. The molecule has 2 aliphatic rings. The predicted molar refractivity (Wildman–Crippen MR) is 125 cm³/mol. The zero-order valence-electron chi connectivity index (χ0n) is 19.6. The average Bonchev–Trinajstić information content (AvgIpc) is 3.06. The lowest BCUT2D eigenvalue weighted by Gasteiger charge is -2.35. The Bertz CT molecular complexity index is 1030. The van der Waals surface area contributed by atoms with E-state index < -0.39 is 0 Å². The van der Waals surface area contributed by atoms with E-state index in [2.05, 4.69) is 59.2 Å². The Labute approximate surface area is 191 Å². The summed E-state index contributed by atoms with van der Waals surface area (Å²) in [6.45, 7) is 13.6. The third-order valence-corrected chi connectivity index (χ3v) is 6.99. The molecule has 0 spiro atoms. The standard InChI is InChI=1S/C26H33N5O/c1-19(2)13-23-24(26(23,3)4)25(32)30-11-9-29(10-12-30)17-22-15-28-18-31(22)16-21-7-5-20(14-27)6-8-21/h5-8,13,15,18,23-24H,9-12,16-17H2,1-4H3. The van der Waals surface area contributed by atoms with Crippen LogP contribution in [0.1, 0.15) is 44.5 Å². The quantitative estimate of drug-likeness (QED) is 0.655. The number of nitrogens with zero attached hydrogens (tertiary/aromatic N) is 5. The summed E-state index contributed by atoms with van der Waals surface area (Å²) in [7, 11) is 0. The maximum atomic E-state index is 13.1. The van der Waals surface area contributed by atoms with Gasteiger partial charge in [-0.2, -0.15) is 5.26 Å². The van der Waals surface area contributed by atoms with Gasteiger partial charge in [0.15, 0.2) is 0 Å². The molecular formula is C26H33N5O. The van der Waals surface area contributed by atoms with E-state index in [1.54, 1.807) is 0 Å². The zero-order chi connectivity index (χ0) is 22.9. The monoisotopic (exact) mass is 431 g/mol. The van der Waals surface area contributed by atoms with Crippen LogP contribution in [0.25, 0.3) is 0 Å². The molecule has 1 saturated heterocycles. The van der Waals surface area contributed by atoms with Gasteiger partial charge in [-0.15, -0.1) is 0 Å². The molecule has 2 atom stereocenters. The largest absolute Gasteiger partial charge is 0.340 e.